The molecule has 1 aromatic heterocycles. The van der Waals surface area contributed by atoms with Crippen LogP contribution in [0.2, 0.25) is 0 Å². The first-order valence-electron chi connectivity index (χ1n) is 7.40. The summed E-state index contributed by atoms with van der Waals surface area (Å²) in [5, 5.41) is 9.41. The minimum atomic E-state index is -1.01. The number of hydrogen-bond donors (Lipinski definition) is 1. The van der Waals surface area contributed by atoms with Gasteiger partial charge in [0.1, 0.15) is 17.7 Å². The highest BCUT2D eigenvalue weighted by Gasteiger charge is 2.22. The zero-order valence-electron chi connectivity index (χ0n) is 13.2. The SMILES string of the molecule is CC(=O)c1ccc2c(c1)nc(-c1ccc(F)cc1)n2C(C)C(=O)O. The highest BCUT2D eigenvalue weighted by atomic mass is 19.1. The Bertz CT molecular complexity index is 945. The van der Waals surface area contributed by atoms with E-state index in [0.717, 1.165) is 0 Å². The first kappa shape index (κ1) is 15.9. The van der Waals surface area contributed by atoms with Gasteiger partial charge in [0.2, 0.25) is 0 Å². The van der Waals surface area contributed by atoms with Gasteiger partial charge in [0.15, 0.2) is 5.78 Å². The van der Waals surface area contributed by atoms with Crippen LogP contribution in [-0.2, 0) is 4.79 Å². The van der Waals surface area contributed by atoms with Crippen LogP contribution in [0.5, 0.6) is 0 Å². The summed E-state index contributed by atoms with van der Waals surface area (Å²) in [6.45, 7) is 3.01. The Hall–Kier alpha value is -3.02. The Morgan fingerprint density at radius 2 is 1.83 bits per heavy atom. The normalized spacial score (nSPS) is 12.3. The molecule has 3 rings (SSSR count). The van der Waals surface area contributed by atoms with Crippen LogP contribution in [0.15, 0.2) is 42.5 Å². The smallest absolute Gasteiger partial charge is 0.326 e. The Kier molecular flexibility index (Phi) is 3.89. The maximum Gasteiger partial charge on any atom is 0.326 e. The van der Waals surface area contributed by atoms with Crippen LogP contribution in [0, 0.1) is 5.82 Å². The molecule has 0 spiro atoms. The number of nitrogens with zero attached hydrogens (tertiary/aromatic N) is 2. The average Bonchev–Trinajstić information content (AvgIpc) is 2.92. The second-order valence-corrected chi connectivity index (χ2v) is 5.59. The topological polar surface area (TPSA) is 72.2 Å². The molecule has 0 saturated heterocycles. The van der Waals surface area contributed by atoms with Crippen molar-refractivity contribution >= 4 is 22.8 Å². The summed E-state index contributed by atoms with van der Waals surface area (Å²) < 4.78 is 14.8. The Labute approximate surface area is 137 Å². The molecule has 1 heterocycles. The van der Waals surface area contributed by atoms with E-state index in [1.807, 2.05) is 0 Å². The zero-order valence-corrected chi connectivity index (χ0v) is 13.2. The third kappa shape index (κ3) is 2.67. The van der Waals surface area contributed by atoms with Crippen LogP contribution in [0.25, 0.3) is 22.4 Å². The standard InChI is InChI=1S/C18H15FN2O3/c1-10(18(23)24)21-16-8-5-13(11(2)22)9-15(16)20-17(21)12-3-6-14(19)7-4-12/h3-10H,1-2H3,(H,23,24). The van der Waals surface area contributed by atoms with Gasteiger partial charge in [-0.15, -0.1) is 0 Å². The van der Waals surface area contributed by atoms with Crippen molar-refractivity contribution in [2.75, 3.05) is 0 Å². The number of aromatic nitrogens is 2. The number of carbonyl (C=O) groups excluding carboxylic acids is 1. The number of hydrogen-bond acceptors (Lipinski definition) is 3. The van der Waals surface area contributed by atoms with Crippen LogP contribution < -0.4 is 0 Å². The molecule has 3 aromatic rings. The van der Waals surface area contributed by atoms with E-state index in [4.69, 9.17) is 0 Å². The molecule has 0 bridgehead atoms. The van der Waals surface area contributed by atoms with Crippen molar-refractivity contribution in [1.82, 2.24) is 9.55 Å². The molecule has 0 amide bonds. The summed E-state index contributed by atoms with van der Waals surface area (Å²) in [6, 6.07) is 9.80. The Morgan fingerprint density at radius 1 is 1.17 bits per heavy atom. The number of ketones is 1. The second kappa shape index (κ2) is 5.88. The second-order valence-electron chi connectivity index (χ2n) is 5.59. The largest absolute Gasteiger partial charge is 0.480 e. The van der Waals surface area contributed by atoms with Gasteiger partial charge in [-0.1, -0.05) is 0 Å². The summed E-state index contributed by atoms with van der Waals surface area (Å²) in [5.41, 5.74) is 2.23. The number of rotatable bonds is 4. The molecule has 0 saturated carbocycles. The molecule has 122 valence electrons. The molecule has 6 heteroatoms. The van der Waals surface area contributed by atoms with Gasteiger partial charge in [0.05, 0.1) is 11.0 Å². The lowest BCUT2D eigenvalue weighted by molar-refractivity contribution is -0.140. The van der Waals surface area contributed by atoms with Crippen molar-refractivity contribution in [1.29, 1.82) is 0 Å². The lowest BCUT2D eigenvalue weighted by Crippen LogP contribution is -2.16. The van der Waals surface area contributed by atoms with E-state index < -0.39 is 12.0 Å². The molecule has 5 nitrogen and oxygen atoms in total. The number of Topliss-reactive ketones (excluding diaryl/α,β-unsaturated/α-hetero) is 1. The van der Waals surface area contributed by atoms with Crippen LogP contribution in [0.1, 0.15) is 30.2 Å². The molecule has 0 radical (unpaired) electrons. The number of benzene rings is 2. The number of fused-ring (bicyclic) bond motifs is 1. The van der Waals surface area contributed by atoms with E-state index in [1.165, 1.54) is 19.1 Å². The zero-order chi connectivity index (χ0) is 17.4. The van der Waals surface area contributed by atoms with Gasteiger partial charge in [0.25, 0.3) is 0 Å². The summed E-state index contributed by atoms with van der Waals surface area (Å²) in [7, 11) is 0. The van der Waals surface area contributed by atoms with Gasteiger partial charge in [-0.2, -0.15) is 0 Å². The van der Waals surface area contributed by atoms with E-state index in [0.29, 0.717) is 28.0 Å². The van der Waals surface area contributed by atoms with Crippen molar-refractivity contribution in [3.8, 4) is 11.4 Å². The van der Waals surface area contributed by atoms with Crippen molar-refractivity contribution in [2.24, 2.45) is 0 Å². The number of carboxylic acids is 1. The Morgan fingerprint density at radius 3 is 2.42 bits per heavy atom. The fourth-order valence-corrected chi connectivity index (χ4v) is 2.62. The number of aliphatic carboxylic acids is 1. The van der Waals surface area contributed by atoms with Crippen LogP contribution in [0.3, 0.4) is 0 Å². The number of carbonyl (C=O) groups is 2. The van der Waals surface area contributed by atoms with Crippen molar-refractivity contribution in [3.05, 3.63) is 53.8 Å². The van der Waals surface area contributed by atoms with E-state index in [9.17, 15) is 19.1 Å². The predicted molar refractivity (Wildman–Crippen MR) is 87.5 cm³/mol. The van der Waals surface area contributed by atoms with Gasteiger partial charge in [0, 0.05) is 11.1 Å². The predicted octanol–water partition coefficient (Wildman–Crippen LogP) is 3.69. The van der Waals surface area contributed by atoms with Crippen molar-refractivity contribution < 1.29 is 19.1 Å². The summed E-state index contributed by atoms with van der Waals surface area (Å²) in [6.07, 6.45) is 0. The summed E-state index contributed by atoms with van der Waals surface area (Å²) >= 11 is 0. The van der Waals surface area contributed by atoms with Gasteiger partial charge < -0.3 is 9.67 Å². The minimum absolute atomic E-state index is 0.0962. The number of halogens is 1. The van der Waals surface area contributed by atoms with Gasteiger partial charge >= 0.3 is 5.97 Å². The van der Waals surface area contributed by atoms with Crippen LogP contribution >= 0.6 is 0 Å². The molecule has 0 aliphatic heterocycles. The number of imidazole rings is 1. The Balaban J connectivity index is 2.29. The first-order valence-corrected chi connectivity index (χ1v) is 7.40. The molecule has 1 N–H and O–H groups in total. The van der Waals surface area contributed by atoms with Gasteiger partial charge in [-0.05, 0) is 56.3 Å². The van der Waals surface area contributed by atoms with E-state index in [1.54, 1.807) is 41.8 Å². The minimum Gasteiger partial charge on any atom is -0.480 e. The quantitative estimate of drug-likeness (QED) is 0.742. The number of carboxylic acid groups (broad SMARTS) is 1. The van der Waals surface area contributed by atoms with Crippen LogP contribution in [0.4, 0.5) is 4.39 Å². The monoisotopic (exact) mass is 326 g/mol. The van der Waals surface area contributed by atoms with E-state index >= 15 is 0 Å². The lowest BCUT2D eigenvalue weighted by Gasteiger charge is -2.13. The fraction of sp³-hybridized carbons (Fsp3) is 0.167. The van der Waals surface area contributed by atoms with Gasteiger partial charge in [-0.25, -0.2) is 14.2 Å². The molecule has 1 atom stereocenters. The van der Waals surface area contributed by atoms with Crippen molar-refractivity contribution in [2.45, 2.75) is 19.9 Å². The maximum absolute atomic E-state index is 13.2. The molecule has 24 heavy (non-hydrogen) atoms. The van der Waals surface area contributed by atoms with Gasteiger partial charge in [-0.3, -0.25) is 4.79 Å². The molecule has 0 aliphatic carbocycles. The van der Waals surface area contributed by atoms with E-state index in [-0.39, 0.29) is 11.6 Å². The molecule has 0 fully saturated rings. The lowest BCUT2D eigenvalue weighted by atomic mass is 10.1. The molecular formula is C18H15FN2O3. The molecular weight excluding hydrogens is 311 g/mol. The average molecular weight is 326 g/mol. The van der Waals surface area contributed by atoms with Crippen LogP contribution in [-0.4, -0.2) is 26.4 Å². The summed E-state index contributed by atoms with van der Waals surface area (Å²) in [5.74, 6) is -1.07. The summed E-state index contributed by atoms with van der Waals surface area (Å²) in [4.78, 5) is 27.5. The van der Waals surface area contributed by atoms with E-state index in [2.05, 4.69) is 4.98 Å². The molecule has 2 aromatic carbocycles. The van der Waals surface area contributed by atoms with Crippen molar-refractivity contribution in [3.63, 3.8) is 0 Å². The fourth-order valence-electron chi connectivity index (χ4n) is 2.62. The third-order valence-electron chi connectivity index (χ3n) is 3.94. The third-order valence-corrected chi connectivity index (χ3v) is 3.94. The molecule has 1 unspecified atom stereocenters. The highest BCUT2D eigenvalue weighted by molar-refractivity contribution is 5.98. The molecule has 0 aliphatic rings. The first-order chi connectivity index (χ1) is 11.4. The highest BCUT2D eigenvalue weighted by Crippen LogP contribution is 2.29. The maximum atomic E-state index is 13.2.